The zero-order valence-corrected chi connectivity index (χ0v) is 12.4. The van der Waals surface area contributed by atoms with E-state index in [-0.39, 0.29) is 17.8 Å². The standard InChI is InChI=1S/C15H16FN5O/c1-9-8-10(2)21(20-9)7-6-13(22)17-15-11-4-3-5-12(16)14(11)18-19-15/h3-5,8H,6-7H2,1-2H3,(H2,17,18,19,22). The Morgan fingerprint density at radius 2 is 2.23 bits per heavy atom. The third-order valence-corrected chi connectivity index (χ3v) is 3.46. The van der Waals surface area contributed by atoms with Gasteiger partial charge in [0, 0.05) is 24.0 Å². The summed E-state index contributed by atoms with van der Waals surface area (Å²) in [6.45, 7) is 4.35. The molecule has 0 fully saturated rings. The van der Waals surface area contributed by atoms with E-state index in [0.717, 1.165) is 11.4 Å². The Kier molecular flexibility index (Phi) is 3.62. The van der Waals surface area contributed by atoms with Crippen LogP contribution in [0.15, 0.2) is 24.3 Å². The predicted octanol–water partition coefficient (Wildman–Crippen LogP) is 2.54. The Hall–Kier alpha value is -2.70. The molecular weight excluding hydrogens is 285 g/mol. The smallest absolute Gasteiger partial charge is 0.227 e. The van der Waals surface area contributed by atoms with Gasteiger partial charge in [0.15, 0.2) is 5.82 Å². The molecule has 0 saturated carbocycles. The molecule has 114 valence electrons. The Balaban J connectivity index is 1.68. The maximum absolute atomic E-state index is 13.6. The Morgan fingerprint density at radius 3 is 2.95 bits per heavy atom. The maximum Gasteiger partial charge on any atom is 0.227 e. The first-order chi connectivity index (χ1) is 10.5. The van der Waals surface area contributed by atoms with Crippen molar-refractivity contribution in [1.82, 2.24) is 20.0 Å². The van der Waals surface area contributed by atoms with Gasteiger partial charge in [0.05, 0.1) is 5.69 Å². The van der Waals surface area contributed by atoms with Gasteiger partial charge >= 0.3 is 0 Å². The van der Waals surface area contributed by atoms with Crippen LogP contribution >= 0.6 is 0 Å². The number of nitrogens with one attached hydrogen (secondary N) is 2. The fourth-order valence-electron chi connectivity index (χ4n) is 2.41. The summed E-state index contributed by atoms with van der Waals surface area (Å²) in [5.41, 5.74) is 2.22. The van der Waals surface area contributed by atoms with E-state index in [1.54, 1.807) is 16.8 Å². The molecule has 2 heterocycles. The topological polar surface area (TPSA) is 75.6 Å². The van der Waals surface area contributed by atoms with Crippen LogP contribution in [0.5, 0.6) is 0 Å². The second kappa shape index (κ2) is 5.59. The van der Waals surface area contributed by atoms with E-state index in [1.165, 1.54) is 6.07 Å². The van der Waals surface area contributed by atoms with Crippen LogP contribution in [0.25, 0.3) is 10.9 Å². The molecule has 0 aliphatic heterocycles. The van der Waals surface area contributed by atoms with Gasteiger partial charge in [-0.05, 0) is 32.0 Å². The van der Waals surface area contributed by atoms with E-state index in [1.807, 2.05) is 19.9 Å². The minimum atomic E-state index is -0.395. The summed E-state index contributed by atoms with van der Waals surface area (Å²) in [7, 11) is 0. The van der Waals surface area contributed by atoms with Crippen LogP contribution in [0.3, 0.4) is 0 Å². The number of rotatable bonds is 4. The van der Waals surface area contributed by atoms with Crippen molar-refractivity contribution in [2.24, 2.45) is 0 Å². The van der Waals surface area contributed by atoms with Crippen LogP contribution in [0.2, 0.25) is 0 Å². The van der Waals surface area contributed by atoms with Gasteiger partial charge in [-0.15, -0.1) is 0 Å². The third-order valence-electron chi connectivity index (χ3n) is 3.46. The molecule has 2 N–H and O–H groups in total. The van der Waals surface area contributed by atoms with Crippen LogP contribution < -0.4 is 5.32 Å². The van der Waals surface area contributed by atoms with Crippen LogP contribution in [-0.2, 0) is 11.3 Å². The number of halogens is 1. The molecule has 0 atom stereocenters. The number of carbonyl (C=O) groups excluding carboxylic acids is 1. The second-order valence-electron chi connectivity index (χ2n) is 5.18. The summed E-state index contributed by atoms with van der Waals surface area (Å²) in [6.07, 6.45) is 0.269. The first kappa shape index (κ1) is 14.2. The minimum absolute atomic E-state index is 0.190. The van der Waals surface area contributed by atoms with Crippen molar-refractivity contribution >= 4 is 22.6 Å². The summed E-state index contributed by atoms with van der Waals surface area (Å²) in [4.78, 5) is 12.0. The molecule has 1 amide bonds. The van der Waals surface area contributed by atoms with Crippen LogP contribution in [0, 0.1) is 19.7 Å². The molecule has 6 nitrogen and oxygen atoms in total. The normalized spacial score (nSPS) is 11.0. The maximum atomic E-state index is 13.6. The van der Waals surface area contributed by atoms with Crippen molar-refractivity contribution in [2.75, 3.05) is 5.32 Å². The van der Waals surface area contributed by atoms with Gasteiger partial charge < -0.3 is 5.32 Å². The van der Waals surface area contributed by atoms with Crippen LogP contribution in [0.4, 0.5) is 10.2 Å². The zero-order valence-electron chi connectivity index (χ0n) is 12.4. The zero-order chi connectivity index (χ0) is 15.7. The molecule has 7 heteroatoms. The molecule has 0 aliphatic rings. The van der Waals surface area contributed by atoms with E-state index in [2.05, 4.69) is 20.6 Å². The fourth-order valence-corrected chi connectivity index (χ4v) is 2.41. The lowest BCUT2D eigenvalue weighted by atomic mass is 10.2. The van der Waals surface area contributed by atoms with Crippen molar-refractivity contribution in [3.8, 4) is 0 Å². The van der Waals surface area contributed by atoms with Crippen molar-refractivity contribution in [2.45, 2.75) is 26.8 Å². The highest BCUT2D eigenvalue weighted by atomic mass is 19.1. The third kappa shape index (κ3) is 2.69. The molecule has 22 heavy (non-hydrogen) atoms. The number of nitrogens with zero attached hydrogens (tertiary/aromatic N) is 3. The quantitative estimate of drug-likeness (QED) is 0.777. The number of anilines is 1. The minimum Gasteiger partial charge on any atom is -0.309 e. The Morgan fingerprint density at radius 1 is 1.41 bits per heavy atom. The Bertz CT molecular complexity index is 836. The van der Waals surface area contributed by atoms with Gasteiger partial charge in [0.1, 0.15) is 11.3 Å². The molecular formula is C15H16FN5O. The fraction of sp³-hybridized carbons (Fsp3) is 0.267. The van der Waals surface area contributed by atoms with Crippen molar-refractivity contribution in [1.29, 1.82) is 0 Å². The number of H-pyrrole nitrogens is 1. The van der Waals surface area contributed by atoms with Crippen molar-refractivity contribution < 1.29 is 9.18 Å². The van der Waals surface area contributed by atoms with Gasteiger partial charge in [-0.3, -0.25) is 14.6 Å². The number of amides is 1. The first-order valence-electron chi connectivity index (χ1n) is 6.98. The summed E-state index contributed by atoms with van der Waals surface area (Å²) >= 11 is 0. The summed E-state index contributed by atoms with van der Waals surface area (Å²) in [5.74, 6) is -0.244. The SMILES string of the molecule is Cc1cc(C)n(CCC(=O)Nc2n[nH]c3c(F)cccc23)n1. The molecule has 2 aromatic heterocycles. The van der Waals surface area contributed by atoms with Gasteiger partial charge in [-0.2, -0.15) is 10.2 Å². The van der Waals surface area contributed by atoms with Crippen LogP contribution in [0.1, 0.15) is 17.8 Å². The number of aryl methyl sites for hydroxylation is 3. The number of aromatic nitrogens is 4. The van der Waals surface area contributed by atoms with Crippen molar-refractivity contribution in [3.63, 3.8) is 0 Å². The largest absolute Gasteiger partial charge is 0.309 e. The van der Waals surface area contributed by atoms with Crippen molar-refractivity contribution in [3.05, 3.63) is 41.5 Å². The van der Waals surface area contributed by atoms with Gasteiger partial charge in [0.2, 0.25) is 5.91 Å². The molecule has 0 saturated heterocycles. The van der Waals surface area contributed by atoms with E-state index in [0.29, 0.717) is 17.7 Å². The van der Waals surface area contributed by atoms with Gasteiger partial charge in [0.25, 0.3) is 0 Å². The summed E-state index contributed by atoms with van der Waals surface area (Å²) < 4.78 is 15.3. The monoisotopic (exact) mass is 301 g/mol. The molecule has 0 aliphatic carbocycles. The summed E-state index contributed by atoms with van der Waals surface area (Å²) in [6, 6.07) is 6.59. The predicted molar refractivity (Wildman–Crippen MR) is 81.0 cm³/mol. The Labute approximate surface area is 126 Å². The molecule has 0 spiro atoms. The summed E-state index contributed by atoms with van der Waals surface area (Å²) in [5, 5.41) is 14.1. The van der Waals surface area contributed by atoms with Gasteiger partial charge in [-0.25, -0.2) is 4.39 Å². The second-order valence-corrected chi connectivity index (χ2v) is 5.18. The molecule has 0 radical (unpaired) electrons. The first-order valence-corrected chi connectivity index (χ1v) is 6.98. The highest BCUT2D eigenvalue weighted by Crippen LogP contribution is 2.22. The molecule has 1 aromatic carbocycles. The molecule has 0 bridgehead atoms. The molecule has 3 rings (SSSR count). The average molecular weight is 301 g/mol. The van der Waals surface area contributed by atoms with E-state index >= 15 is 0 Å². The highest BCUT2D eigenvalue weighted by Gasteiger charge is 2.12. The highest BCUT2D eigenvalue weighted by molar-refractivity contribution is 5.99. The lowest BCUT2D eigenvalue weighted by Gasteiger charge is -2.05. The van der Waals surface area contributed by atoms with Crippen LogP contribution in [-0.4, -0.2) is 25.9 Å². The van der Waals surface area contributed by atoms with E-state index in [4.69, 9.17) is 0 Å². The molecule has 0 unspecified atom stereocenters. The number of para-hydroxylation sites is 1. The lowest BCUT2D eigenvalue weighted by molar-refractivity contribution is -0.116. The average Bonchev–Trinajstić information content (AvgIpc) is 3.01. The number of benzene rings is 1. The molecule has 3 aromatic rings. The number of carbonyl (C=O) groups is 1. The number of hydrogen-bond acceptors (Lipinski definition) is 3. The van der Waals surface area contributed by atoms with E-state index < -0.39 is 5.82 Å². The van der Waals surface area contributed by atoms with E-state index in [9.17, 15) is 9.18 Å². The lowest BCUT2D eigenvalue weighted by Crippen LogP contribution is -2.16. The number of fused-ring (bicyclic) bond motifs is 1. The van der Waals surface area contributed by atoms with Gasteiger partial charge in [-0.1, -0.05) is 6.07 Å². The number of hydrogen-bond donors (Lipinski definition) is 2. The number of aromatic amines is 1.